The Bertz CT molecular complexity index is 3190. The van der Waals surface area contributed by atoms with Crippen LogP contribution in [0.2, 0.25) is 0 Å². The van der Waals surface area contributed by atoms with E-state index in [4.69, 9.17) is 9.97 Å². The van der Waals surface area contributed by atoms with E-state index >= 15 is 0 Å². The van der Waals surface area contributed by atoms with Gasteiger partial charge in [-0.05, 0) is 144 Å². The van der Waals surface area contributed by atoms with E-state index in [1.807, 2.05) is 12.3 Å². The highest BCUT2D eigenvalue weighted by Gasteiger charge is 2.36. The monoisotopic (exact) mass is 676 g/mol. The minimum atomic E-state index is -0.106. The summed E-state index contributed by atoms with van der Waals surface area (Å²) in [6, 6.07) is 51.7. The quantitative estimate of drug-likeness (QED) is 0.170. The average molecular weight is 677 g/mol. The van der Waals surface area contributed by atoms with Gasteiger partial charge in [0, 0.05) is 27.9 Å². The molecule has 250 valence electrons. The van der Waals surface area contributed by atoms with Crippen molar-refractivity contribution in [3.63, 3.8) is 0 Å². The smallest absolute Gasteiger partial charge is 0.0978 e. The molecule has 0 unspecified atom stereocenters. The second-order valence-electron chi connectivity index (χ2n) is 15.4. The lowest BCUT2D eigenvalue weighted by atomic mass is 9.81. The first-order valence-corrected chi connectivity index (χ1v) is 18.6. The van der Waals surface area contributed by atoms with E-state index in [-0.39, 0.29) is 5.41 Å². The molecule has 1 aliphatic carbocycles. The first kappa shape index (κ1) is 30.3. The molecule has 53 heavy (non-hydrogen) atoms. The van der Waals surface area contributed by atoms with Crippen LogP contribution in [0, 0.1) is 13.8 Å². The Morgan fingerprint density at radius 1 is 0.396 bits per heavy atom. The molecular weight excluding hydrogens is 641 g/mol. The van der Waals surface area contributed by atoms with Crippen LogP contribution < -0.4 is 0 Å². The molecule has 1 aliphatic rings. The molecule has 0 N–H and O–H groups in total. The first-order chi connectivity index (χ1) is 25.9. The van der Waals surface area contributed by atoms with Crippen molar-refractivity contribution < 1.29 is 0 Å². The number of hydrogen-bond acceptors (Lipinski definition) is 2. The average Bonchev–Trinajstić information content (AvgIpc) is 3.42. The molecule has 0 atom stereocenters. The zero-order chi connectivity index (χ0) is 35.6. The van der Waals surface area contributed by atoms with Crippen LogP contribution in [-0.2, 0) is 5.41 Å². The third-order valence-corrected chi connectivity index (χ3v) is 12.1. The minimum Gasteiger partial charge on any atom is -0.254 e. The zero-order valence-corrected chi connectivity index (χ0v) is 30.3. The normalized spacial score (nSPS) is 13.4. The summed E-state index contributed by atoms with van der Waals surface area (Å²) in [5.74, 6) is 0. The number of rotatable bonds is 2. The first-order valence-electron chi connectivity index (χ1n) is 18.6. The van der Waals surface area contributed by atoms with Gasteiger partial charge in [0.15, 0.2) is 0 Å². The van der Waals surface area contributed by atoms with Crippen LogP contribution in [0.3, 0.4) is 0 Å². The van der Waals surface area contributed by atoms with Gasteiger partial charge in [-0.3, -0.25) is 4.98 Å². The van der Waals surface area contributed by atoms with Crippen molar-refractivity contribution in [1.29, 1.82) is 0 Å². The van der Waals surface area contributed by atoms with E-state index in [1.165, 1.54) is 87.6 Å². The fraction of sp³-hybridized carbons (Fsp3) is 0.0980. The molecule has 2 heterocycles. The summed E-state index contributed by atoms with van der Waals surface area (Å²) in [5, 5.41) is 12.6. The maximum absolute atomic E-state index is 5.32. The third kappa shape index (κ3) is 4.21. The Hall–Kier alpha value is -6.38. The number of nitrogens with zero attached hydrogens (tertiary/aromatic N) is 2. The number of hydrogen-bond donors (Lipinski definition) is 0. The number of fused-ring (bicyclic) bond motifs is 15. The highest BCUT2D eigenvalue weighted by atomic mass is 14.8. The van der Waals surface area contributed by atoms with Crippen LogP contribution in [0.15, 0.2) is 146 Å². The molecule has 0 aliphatic heterocycles. The molecule has 0 saturated carbocycles. The lowest BCUT2D eigenvalue weighted by molar-refractivity contribution is 0.661. The largest absolute Gasteiger partial charge is 0.254 e. The Kier molecular flexibility index (Phi) is 6.18. The van der Waals surface area contributed by atoms with Gasteiger partial charge < -0.3 is 0 Å². The van der Waals surface area contributed by atoms with Gasteiger partial charge in [0.1, 0.15) is 0 Å². The fourth-order valence-electron chi connectivity index (χ4n) is 9.49. The number of aromatic nitrogens is 2. The Labute approximate surface area is 308 Å². The van der Waals surface area contributed by atoms with E-state index in [1.54, 1.807) is 0 Å². The fourth-order valence-corrected chi connectivity index (χ4v) is 9.49. The van der Waals surface area contributed by atoms with Gasteiger partial charge in [-0.15, -0.1) is 0 Å². The molecule has 0 fully saturated rings. The van der Waals surface area contributed by atoms with Crippen molar-refractivity contribution >= 4 is 64.9 Å². The molecule has 8 aromatic carbocycles. The summed E-state index contributed by atoms with van der Waals surface area (Å²) in [4.78, 5) is 10.1. The molecule has 2 nitrogen and oxygen atoms in total. The predicted molar refractivity (Wildman–Crippen MR) is 225 cm³/mol. The van der Waals surface area contributed by atoms with Gasteiger partial charge in [0.25, 0.3) is 0 Å². The van der Waals surface area contributed by atoms with Gasteiger partial charge in [0.2, 0.25) is 0 Å². The van der Waals surface area contributed by atoms with Gasteiger partial charge in [-0.1, -0.05) is 111 Å². The minimum absolute atomic E-state index is 0.106. The molecule has 11 rings (SSSR count). The van der Waals surface area contributed by atoms with Crippen LogP contribution >= 0.6 is 0 Å². The molecule has 0 radical (unpaired) electrons. The van der Waals surface area contributed by atoms with Crippen molar-refractivity contribution in [2.45, 2.75) is 33.1 Å². The van der Waals surface area contributed by atoms with Crippen LogP contribution in [0.25, 0.3) is 98.4 Å². The lowest BCUT2D eigenvalue weighted by Gasteiger charge is -2.22. The van der Waals surface area contributed by atoms with Gasteiger partial charge in [-0.25, -0.2) is 4.98 Å². The molecule has 0 saturated heterocycles. The molecule has 0 amide bonds. The highest BCUT2D eigenvalue weighted by molar-refractivity contribution is 6.26. The predicted octanol–water partition coefficient (Wildman–Crippen LogP) is 13.7. The Morgan fingerprint density at radius 2 is 0.925 bits per heavy atom. The summed E-state index contributed by atoms with van der Waals surface area (Å²) in [6.07, 6.45) is 1.87. The maximum atomic E-state index is 5.32. The van der Waals surface area contributed by atoms with Crippen molar-refractivity contribution in [2.75, 3.05) is 0 Å². The van der Waals surface area contributed by atoms with Crippen LogP contribution in [-0.4, -0.2) is 9.97 Å². The summed E-state index contributed by atoms with van der Waals surface area (Å²) in [5.41, 5.74) is 14.4. The third-order valence-electron chi connectivity index (χ3n) is 12.1. The number of benzene rings is 8. The Balaban J connectivity index is 1.06. The summed E-state index contributed by atoms with van der Waals surface area (Å²) >= 11 is 0. The Morgan fingerprint density at radius 3 is 1.60 bits per heavy atom. The lowest BCUT2D eigenvalue weighted by Crippen LogP contribution is -2.14. The molecule has 2 aromatic heterocycles. The number of aryl methyl sites for hydroxylation is 2. The van der Waals surface area contributed by atoms with Crippen molar-refractivity contribution in [3.8, 4) is 33.5 Å². The zero-order valence-electron chi connectivity index (χ0n) is 30.3. The summed E-state index contributed by atoms with van der Waals surface area (Å²) < 4.78 is 0. The number of pyridine rings is 2. The topological polar surface area (TPSA) is 25.8 Å². The van der Waals surface area contributed by atoms with E-state index in [0.717, 1.165) is 33.1 Å². The van der Waals surface area contributed by atoms with Crippen molar-refractivity contribution in [2.24, 2.45) is 0 Å². The van der Waals surface area contributed by atoms with Crippen molar-refractivity contribution in [3.05, 3.63) is 168 Å². The maximum Gasteiger partial charge on any atom is 0.0978 e. The van der Waals surface area contributed by atoms with Gasteiger partial charge in [-0.2, -0.15) is 0 Å². The van der Waals surface area contributed by atoms with Gasteiger partial charge in [0.05, 0.1) is 16.7 Å². The summed E-state index contributed by atoms with van der Waals surface area (Å²) in [6.45, 7) is 9.22. The van der Waals surface area contributed by atoms with E-state index in [2.05, 4.69) is 161 Å². The summed E-state index contributed by atoms with van der Waals surface area (Å²) in [7, 11) is 0. The standard InChI is InChI=1S/C51H36N2/c1-29-25-41(48-22-20-39-35-15-8-7-14-34(35)38-18-11-23-52-49(38)50(39)53-48)30(2)24-40(29)31-19-21-46-44(26-31)45-27-42-36-16-9-5-12-32(36)33-13-6-10-17-37(33)43(42)28-47(45)51(46,3)4/h5-28H,1-4H3. The van der Waals surface area contributed by atoms with Crippen LogP contribution in [0.5, 0.6) is 0 Å². The van der Waals surface area contributed by atoms with Crippen molar-refractivity contribution in [1.82, 2.24) is 9.97 Å². The highest BCUT2D eigenvalue weighted by Crippen LogP contribution is 2.52. The molecule has 2 heteroatoms. The van der Waals surface area contributed by atoms with E-state index in [9.17, 15) is 0 Å². The molecular formula is C51H36N2. The second-order valence-corrected chi connectivity index (χ2v) is 15.4. The van der Waals surface area contributed by atoms with Crippen LogP contribution in [0.4, 0.5) is 0 Å². The van der Waals surface area contributed by atoms with Gasteiger partial charge >= 0.3 is 0 Å². The van der Waals surface area contributed by atoms with E-state index in [0.29, 0.717) is 0 Å². The van der Waals surface area contributed by atoms with Crippen LogP contribution in [0.1, 0.15) is 36.1 Å². The molecule has 0 spiro atoms. The van der Waals surface area contributed by atoms with E-state index < -0.39 is 0 Å². The second kappa shape index (κ2) is 10.8. The SMILES string of the molecule is Cc1cc(-c2ccc3c4ccccc4c4cccnc4c3n2)c(C)cc1-c1ccc2c(c1)-c1cc3c4ccccc4c4ccccc4c3cc1C2(C)C. The molecule has 0 bridgehead atoms. The molecule has 10 aromatic rings.